The fraction of sp³-hybridized carbons (Fsp3) is 0.500. The molecule has 1 N–H and O–H groups in total. The molecule has 4 nitrogen and oxygen atoms in total. The van der Waals surface area contributed by atoms with Crippen LogP contribution in [-0.2, 0) is 7.05 Å². The summed E-state index contributed by atoms with van der Waals surface area (Å²) in [5.74, 6) is 0. The van der Waals surface area contributed by atoms with Crippen LogP contribution in [0.4, 0.5) is 5.69 Å². The van der Waals surface area contributed by atoms with Gasteiger partial charge < -0.3 is 5.32 Å². The molecular weight excluding hydrogens is 225 g/mol. The van der Waals surface area contributed by atoms with Crippen molar-refractivity contribution < 1.29 is 0 Å². The van der Waals surface area contributed by atoms with E-state index >= 15 is 0 Å². The normalized spacial score (nSPS) is 12.6. The predicted octanol–water partition coefficient (Wildman–Crippen LogP) is 1.47. The maximum absolute atomic E-state index is 11.3. The van der Waals surface area contributed by atoms with Gasteiger partial charge in [-0.25, -0.2) is 4.68 Å². The number of nitrogens with zero attached hydrogens (tertiary/aromatic N) is 2. The number of hydrogen-bond acceptors (Lipinski definition) is 3. The van der Waals surface area contributed by atoms with Crippen LogP contribution in [0.1, 0.15) is 6.92 Å². The Morgan fingerprint density at radius 2 is 2.36 bits per heavy atom. The van der Waals surface area contributed by atoms with Crippen molar-refractivity contribution in [1.82, 2.24) is 9.78 Å². The molecule has 0 aliphatic carbocycles. The molecule has 0 bridgehead atoms. The lowest BCUT2D eigenvalue weighted by atomic mass is 10.4. The number of hydrogen-bond donors (Lipinski definition) is 1. The molecule has 1 aromatic rings. The van der Waals surface area contributed by atoms with E-state index in [1.165, 1.54) is 10.9 Å². The summed E-state index contributed by atoms with van der Waals surface area (Å²) in [7, 11) is 1.54. The molecule has 0 spiro atoms. The molecule has 0 aliphatic rings. The molecule has 0 aromatic carbocycles. The van der Waals surface area contributed by atoms with Crippen molar-refractivity contribution in [3.05, 3.63) is 21.6 Å². The van der Waals surface area contributed by atoms with E-state index < -0.39 is 0 Å². The Labute approximate surface area is 91.8 Å². The molecule has 0 saturated heterocycles. The number of halogens is 2. The molecule has 0 fully saturated rings. The maximum Gasteiger partial charge on any atom is 0.287 e. The summed E-state index contributed by atoms with van der Waals surface area (Å²) in [4.78, 5) is 11.3. The molecule has 0 saturated carbocycles. The van der Waals surface area contributed by atoms with Crippen LogP contribution in [0.3, 0.4) is 0 Å². The summed E-state index contributed by atoms with van der Waals surface area (Å²) in [6, 6.07) is 0. The van der Waals surface area contributed by atoms with Crippen LogP contribution >= 0.6 is 23.2 Å². The third kappa shape index (κ3) is 2.62. The summed E-state index contributed by atoms with van der Waals surface area (Å²) in [6.45, 7) is 2.38. The topological polar surface area (TPSA) is 46.9 Å². The van der Waals surface area contributed by atoms with E-state index in [9.17, 15) is 4.79 Å². The minimum Gasteiger partial charge on any atom is -0.381 e. The van der Waals surface area contributed by atoms with Gasteiger partial charge in [-0.1, -0.05) is 11.6 Å². The first-order chi connectivity index (χ1) is 6.52. The highest BCUT2D eigenvalue weighted by Crippen LogP contribution is 2.14. The summed E-state index contributed by atoms with van der Waals surface area (Å²) in [5.41, 5.74) is 0.196. The second-order valence-corrected chi connectivity index (χ2v) is 4.09. The Kier molecular flexibility index (Phi) is 3.77. The van der Waals surface area contributed by atoms with Gasteiger partial charge in [-0.2, -0.15) is 5.10 Å². The van der Waals surface area contributed by atoms with E-state index in [4.69, 9.17) is 23.2 Å². The first kappa shape index (κ1) is 11.3. The van der Waals surface area contributed by atoms with E-state index in [1.54, 1.807) is 7.05 Å². The third-order valence-electron chi connectivity index (χ3n) is 1.65. The second-order valence-electron chi connectivity index (χ2n) is 2.96. The van der Waals surface area contributed by atoms with Crippen LogP contribution in [0.5, 0.6) is 0 Å². The van der Waals surface area contributed by atoms with Crippen LogP contribution in [0.25, 0.3) is 0 Å². The van der Waals surface area contributed by atoms with Gasteiger partial charge in [0.25, 0.3) is 5.56 Å². The molecule has 1 heterocycles. The van der Waals surface area contributed by atoms with Crippen LogP contribution in [-0.4, -0.2) is 21.7 Å². The van der Waals surface area contributed by atoms with E-state index in [0.717, 1.165) is 0 Å². The van der Waals surface area contributed by atoms with Crippen molar-refractivity contribution in [3.63, 3.8) is 0 Å². The molecular formula is C8H11Cl2N3O. The van der Waals surface area contributed by atoms with E-state index in [-0.39, 0.29) is 16.0 Å². The SMILES string of the molecule is CC(Cl)CNc1cnn(C)c(=O)c1Cl. The summed E-state index contributed by atoms with van der Waals surface area (Å²) >= 11 is 11.5. The lowest BCUT2D eigenvalue weighted by molar-refractivity contribution is 0.708. The molecule has 1 aromatic heterocycles. The zero-order valence-corrected chi connectivity index (χ0v) is 9.43. The van der Waals surface area contributed by atoms with Crippen LogP contribution < -0.4 is 10.9 Å². The van der Waals surface area contributed by atoms with Crippen molar-refractivity contribution in [2.75, 3.05) is 11.9 Å². The van der Waals surface area contributed by atoms with Gasteiger partial charge in [0.05, 0.1) is 11.9 Å². The first-order valence-electron chi connectivity index (χ1n) is 4.12. The smallest absolute Gasteiger partial charge is 0.287 e. The van der Waals surface area contributed by atoms with Crippen molar-refractivity contribution in [3.8, 4) is 0 Å². The molecule has 78 valence electrons. The fourth-order valence-electron chi connectivity index (χ4n) is 0.885. The Hall–Kier alpha value is -0.740. The van der Waals surface area contributed by atoms with Crippen molar-refractivity contribution in [2.24, 2.45) is 7.05 Å². The molecule has 1 atom stereocenters. The van der Waals surface area contributed by atoms with Crippen molar-refractivity contribution in [2.45, 2.75) is 12.3 Å². The summed E-state index contributed by atoms with van der Waals surface area (Å²) < 4.78 is 1.18. The number of aromatic nitrogens is 2. The predicted molar refractivity (Wildman–Crippen MR) is 58.3 cm³/mol. The zero-order chi connectivity index (χ0) is 10.7. The Morgan fingerprint density at radius 3 is 2.93 bits per heavy atom. The summed E-state index contributed by atoms with van der Waals surface area (Å²) in [6.07, 6.45) is 1.50. The lowest BCUT2D eigenvalue weighted by Gasteiger charge is -2.08. The zero-order valence-electron chi connectivity index (χ0n) is 7.92. The minimum atomic E-state index is -0.320. The van der Waals surface area contributed by atoms with Gasteiger partial charge in [0.2, 0.25) is 0 Å². The van der Waals surface area contributed by atoms with Gasteiger partial charge >= 0.3 is 0 Å². The lowest BCUT2D eigenvalue weighted by Crippen LogP contribution is -2.22. The number of aryl methyl sites for hydroxylation is 1. The van der Waals surface area contributed by atoms with Gasteiger partial charge in [-0.3, -0.25) is 4.79 Å². The highest BCUT2D eigenvalue weighted by atomic mass is 35.5. The summed E-state index contributed by atoms with van der Waals surface area (Å²) in [5, 5.41) is 6.88. The monoisotopic (exact) mass is 235 g/mol. The van der Waals surface area contributed by atoms with Gasteiger partial charge in [0.15, 0.2) is 0 Å². The average Bonchev–Trinajstić information content (AvgIpc) is 2.13. The first-order valence-corrected chi connectivity index (χ1v) is 4.93. The highest BCUT2D eigenvalue weighted by Gasteiger charge is 2.07. The molecule has 1 unspecified atom stereocenters. The largest absolute Gasteiger partial charge is 0.381 e. The molecule has 6 heteroatoms. The van der Waals surface area contributed by atoms with E-state index in [1.807, 2.05) is 6.92 Å². The third-order valence-corrected chi connectivity index (χ3v) is 2.17. The van der Waals surface area contributed by atoms with E-state index in [2.05, 4.69) is 10.4 Å². The number of alkyl halides is 1. The van der Waals surface area contributed by atoms with Crippen LogP contribution in [0.15, 0.2) is 11.0 Å². The van der Waals surface area contributed by atoms with Crippen molar-refractivity contribution in [1.29, 1.82) is 0 Å². The number of anilines is 1. The van der Waals surface area contributed by atoms with E-state index in [0.29, 0.717) is 12.2 Å². The Bertz CT molecular complexity index is 375. The van der Waals surface area contributed by atoms with Crippen LogP contribution in [0.2, 0.25) is 5.02 Å². The van der Waals surface area contributed by atoms with Crippen LogP contribution in [0, 0.1) is 0 Å². The molecule has 1 rings (SSSR count). The standard InChI is InChI=1S/C8H11Cl2N3O/c1-5(9)3-11-6-4-12-13(2)8(14)7(6)10/h4-5,11H,3H2,1-2H3. The van der Waals surface area contributed by atoms with Gasteiger partial charge in [0, 0.05) is 19.0 Å². The highest BCUT2D eigenvalue weighted by molar-refractivity contribution is 6.33. The van der Waals surface area contributed by atoms with Crippen molar-refractivity contribution >= 4 is 28.9 Å². The van der Waals surface area contributed by atoms with Gasteiger partial charge in [0.1, 0.15) is 5.02 Å². The second kappa shape index (κ2) is 4.66. The molecule has 14 heavy (non-hydrogen) atoms. The average molecular weight is 236 g/mol. The Morgan fingerprint density at radius 1 is 1.71 bits per heavy atom. The fourth-order valence-corrected chi connectivity index (χ4v) is 1.20. The quantitative estimate of drug-likeness (QED) is 0.808. The van der Waals surface area contributed by atoms with Gasteiger partial charge in [-0.15, -0.1) is 11.6 Å². The molecule has 0 aliphatic heterocycles. The maximum atomic E-state index is 11.3. The minimum absolute atomic E-state index is 0.0323. The number of nitrogens with one attached hydrogen (secondary N) is 1. The Balaban J connectivity index is 2.89. The molecule has 0 radical (unpaired) electrons. The molecule has 0 amide bonds. The number of rotatable bonds is 3. The van der Waals surface area contributed by atoms with Gasteiger partial charge in [-0.05, 0) is 6.92 Å².